The number of rotatable bonds is 5. The van der Waals surface area contributed by atoms with Crippen LogP contribution in [0.1, 0.15) is 35.3 Å². The number of aryl methyl sites for hydroxylation is 3. The second-order valence-electron chi connectivity index (χ2n) is 7.60. The minimum absolute atomic E-state index is 0.0325. The Kier molecular flexibility index (Phi) is 5.16. The first kappa shape index (κ1) is 19.1. The average Bonchev–Trinajstić information content (AvgIpc) is 3.16. The number of amides is 1. The van der Waals surface area contributed by atoms with E-state index in [1.54, 1.807) is 22.2 Å². The lowest BCUT2D eigenvalue weighted by atomic mass is 9.97. The molecule has 0 saturated carbocycles. The maximum absolute atomic E-state index is 13.0. The Morgan fingerprint density at radius 1 is 1.20 bits per heavy atom. The lowest BCUT2D eigenvalue weighted by Crippen LogP contribution is -2.28. The number of nitrogens with zero attached hydrogens (tertiary/aromatic N) is 2. The number of para-hydroxylation sites is 1. The van der Waals surface area contributed by atoms with Gasteiger partial charge in [-0.15, -0.1) is 11.3 Å². The van der Waals surface area contributed by atoms with E-state index in [9.17, 15) is 9.59 Å². The number of ether oxygens (including phenoxy) is 2. The first-order chi connectivity index (χ1) is 14.7. The smallest absolute Gasteiger partial charge is 0.262 e. The van der Waals surface area contributed by atoms with Crippen molar-refractivity contribution < 1.29 is 14.3 Å². The summed E-state index contributed by atoms with van der Waals surface area (Å²) in [6, 6.07) is 5.66. The Morgan fingerprint density at radius 2 is 2.07 bits per heavy atom. The van der Waals surface area contributed by atoms with Crippen molar-refractivity contribution in [2.75, 3.05) is 13.2 Å². The number of hydrogen-bond acceptors (Lipinski definition) is 6. The van der Waals surface area contributed by atoms with E-state index in [2.05, 4.69) is 10.3 Å². The summed E-state index contributed by atoms with van der Waals surface area (Å²) in [7, 11) is 0. The van der Waals surface area contributed by atoms with Crippen LogP contribution in [0.15, 0.2) is 29.3 Å². The summed E-state index contributed by atoms with van der Waals surface area (Å²) in [5.74, 6) is 1.28. The highest BCUT2D eigenvalue weighted by atomic mass is 32.1. The number of benzene rings is 1. The van der Waals surface area contributed by atoms with Crippen molar-refractivity contribution >= 4 is 27.5 Å². The SMILES string of the molecule is O=C(CCn1cnc2sc3c(c2c1=O)CCCC3)NCc1cccc2c1OCCO2. The van der Waals surface area contributed by atoms with Crippen LogP contribution in [0.5, 0.6) is 11.5 Å². The predicted molar refractivity (Wildman–Crippen MR) is 114 cm³/mol. The van der Waals surface area contributed by atoms with Crippen molar-refractivity contribution in [2.45, 2.75) is 45.2 Å². The number of fused-ring (bicyclic) bond motifs is 4. The molecule has 0 bridgehead atoms. The van der Waals surface area contributed by atoms with Crippen molar-refractivity contribution in [2.24, 2.45) is 0 Å². The number of aromatic nitrogens is 2. The zero-order chi connectivity index (χ0) is 20.5. The lowest BCUT2D eigenvalue weighted by Gasteiger charge is -2.21. The van der Waals surface area contributed by atoms with Gasteiger partial charge < -0.3 is 14.8 Å². The summed E-state index contributed by atoms with van der Waals surface area (Å²) < 4.78 is 12.8. The average molecular weight is 426 g/mol. The molecule has 7 nitrogen and oxygen atoms in total. The Balaban J connectivity index is 1.25. The zero-order valence-electron chi connectivity index (χ0n) is 16.6. The van der Waals surface area contributed by atoms with E-state index in [0.717, 1.165) is 35.0 Å². The highest BCUT2D eigenvalue weighted by Crippen LogP contribution is 2.34. The van der Waals surface area contributed by atoms with Gasteiger partial charge in [-0.3, -0.25) is 14.2 Å². The summed E-state index contributed by atoms with van der Waals surface area (Å²) >= 11 is 1.64. The summed E-state index contributed by atoms with van der Waals surface area (Å²) in [6.07, 6.45) is 6.06. The van der Waals surface area contributed by atoms with E-state index in [-0.39, 0.29) is 17.9 Å². The highest BCUT2D eigenvalue weighted by molar-refractivity contribution is 7.18. The normalized spacial score (nSPS) is 15.1. The molecule has 156 valence electrons. The fraction of sp³-hybridized carbons (Fsp3) is 0.409. The molecule has 1 aliphatic carbocycles. The Morgan fingerprint density at radius 3 is 3.00 bits per heavy atom. The second kappa shape index (κ2) is 8.10. The molecular weight excluding hydrogens is 402 g/mol. The number of nitrogens with one attached hydrogen (secondary N) is 1. The molecule has 8 heteroatoms. The van der Waals surface area contributed by atoms with Crippen LogP contribution in [-0.4, -0.2) is 28.7 Å². The van der Waals surface area contributed by atoms with Gasteiger partial charge in [0.2, 0.25) is 5.91 Å². The summed E-state index contributed by atoms with van der Waals surface area (Å²) in [4.78, 5) is 32.0. The number of thiophene rings is 1. The molecule has 3 heterocycles. The van der Waals surface area contributed by atoms with Gasteiger partial charge in [-0.05, 0) is 37.3 Å². The van der Waals surface area contributed by atoms with E-state index in [0.29, 0.717) is 37.8 Å². The molecule has 0 atom stereocenters. The van der Waals surface area contributed by atoms with Crippen LogP contribution in [0.3, 0.4) is 0 Å². The third kappa shape index (κ3) is 3.56. The lowest BCUT2D eigenvalue weighted by molar-refractivity contribution is -0.121. The number of carbonyl (C=O) groups is 1. The molecule has 30 heavy (non-hydrogen) atoms. The van der Waals surface area contributed by atoms with Crippen molar-refractivity contribution in [3.8, 4) is 11.5 Å². The molecule has 2 aliphatic rings. The van der Waals surface area contributed by atoms with Crippen LogP contribution in [0, 0.1) is 0 Å². The molecule has 0 fully saturated rings. The van der Waals surface area contributed by atoms with Crippen LogP contribution in [0.2, 0.25) is 0 Å². The van der Waals surface area contributed by atoms with E-state index in [1.165, 1.54) is 16.9 Å². The molecule has 1 amide bonds. The summed E-state index contributed by atoms with van der Waals surface area (Å²) in [6.45, 7) is 1.70. The van der Waals surface area contributed by atoms with E-state index < -0.39 is 0 Å². The van der Waals surface area contributed by atoms with Gasteiger partial charge >= 0.3 is 0 Å². The Labute approximate surface area is 177 Å². The quantitative estimate of drug-likeness (QED) is 0.680. The van der Waals surface area contributed by atoms with Crippen molar-refractivity contribution in [3.63, 3.8) is 0 Å². The van der Waals surface area contributed by atoms with Crippen molar-refractivity contribution in [1.29, 1.82) is 0 Å². The zero-order valence-corrected chi connectivity index (χ0v) is 17.4. The van der Waals surface area contributed by atoms with Crippen molar-refractivity contribution in [1.82, 2.24) is 14.9 Å². The molecule has 1 aromatic carbocycles. The monoisotopic (exact) mass is 425 g/mol. The summed E-state index contributed by atoms with van der Waals surface area (Å²) in [5, 5.41) is 3.67. The second-order valence-corrected chi connectivity index (χ2v) is 8.69. The molecule has 1 N–H and O–H groups in total. The van der Waals surface area contributed by atoms with Crippen molar-refractivity contribution in [3.05, 3.63) is 50.9 Å². The first-order valence-corrected chi connectivity index (χ1v) is 11.2. The van der Waals surface area contributed by atoms with Crippen LogP contribution in [-0.2, 0) is 30.7 Å². The molecule has 3 aromatic rings. The molecule has 1 aliphatic heterocycles. The van der Waals surface area contributed by atoms with Crippen LogP contribution < -0.4 is 20.3 Å². The van der Waals surface area contributed by atoms with Crippen LogP contribution in [0.25, 0.3) is 10.2 Å². The Bertz CT molecular complexity index is 1170. The van der Waals surface area contributed by atoms with Crippen LogP contribution >= 0.6 is 11.3 Å². The van der Waals surface area contributed by atoms with Gasteiger partial charge in [-0.1, -0.05) is 12.1 Å². The Hall–Kier alpha value is -2.87. The summed E-state index contributed by atoms with van der Waals surface area (Å²) in [5.41, 5.74) is 2.02. The molecule has 0 spiro atoms. The van der Waals surface area contributed by atoms with E-state index in [1.807, 2.05) is 18.2 Å². The molecule has 5 rings (SSSR count). The maximum Gasteiger partial charge on any atom is 0.262 e. The van der Waals surface area contributed by atoms with Gasteiger partial charge in [0.05, 0.1) is 11.7 Å². The molecule has 0 radical (unpaired) electrons. The van der Waals surface area contributed by atoms with Gasteiger partial charge in [0.15, 0.2) is 11.5 Å². The van der Waals surface area contributed by atoms with Gasteiger partial charge in [0.25, 0.3) is 5.56 Å². The minimum Gasteiger partial charge on any atom is -0.486 e. The number of hydrogen-bond donors (Lipinski definition) is 1. The standard InChI is InChI=1S/C22H23N3O4S/c26-18(23-12-14-4-3-6-16-20(14)29-11-10-28-16)8-9-25-13-24-21-19(22(25)27)15-5-1-2-7-17(15)30-21/h3-4,6,13H,1-2,5,7-12H2,(H,23,26). The van der Waals surface area contributed by atoms with Gasteiger partial charge in [-0.25, -0.2) is 4.98 Å². The van der Waals surface area contributed by atoms with Gasteiger partial charge in [-0.2, -0.15) is 0 Å². The van der Waals surface area contributed by atoms with E-state index in [4.69, 9.17) is 9.47 Å². The third-order valence-electron chi connectivity index (χ3n) is 5.65. The molecule has 0 saturated heterocycles. The third-order valence-corrected chi connectivity index (χ3v) is 6.85. The molecule has 2 aromatic heterocycles. The fourth-order valence-electron chi connectivity index (χ4n) is 4.12. The van der Waals surface area contributed by atoms with Gasteiger partial charge in [0.1, 0.15) is 18.0 Å². The van der Waals surface area contributed by atoms with Gasteiger partial charge in [0, 0.05) is 30.0 Å². The van der Waals surface area contributed by atoms with Crippen LogP contribution in [0.4, 0.5) is 0 Å². The van der Waals surface area contributed by atoms with E-state index >= 15 is 0 Å². The fourth-order valence-corrected chi connectivity index (χ4v) is 5.34. The largest absolute Gasteiger partial charge is 0.486 e. The maximum atomic E-state index is 13.0. The minimum atomic E-state index is -0.122. The predicted octanol–water partition coefficient (Wildman–Crippen LogP) is 2.81. The number of carbonyl (C=O) groups excluding carboxylic acids is 1. The first-order valence-electron chi connectivity index (χ1n) is 10.3. The highest BCUT2D eigenvalue weighted by Gasteiger charge is 2.20. The topological polar surface area (TPSA) is 82.5 Å². The molecular formula is C22H23N3O4S. The molecule has 0 unspecified atom stereocenters.